The maximum atomic E-state index is 14.5. The number of carbonyl (C=O) groups excluding carboxylic acids is 1. The minimum absolute atomic E-state index is 0.205. The zero-order valence-corrected chi connectivity index (χ0v) is 16.9. The zero-order chi connectivity index (χ0) is 21.1. The van der Waals surface area contributed by atoms with Crippen LogP contribution >= 0.6 is 0 Å². The second kappa shape index (κ2) is 8.79. The van der Waals surface area contributed by atoms with E-state index in [0.717, 1.165) is 30.7 Å². The van der Waals surface area contributed by atoms with Crippen LogP contribution in [0.25, 0.3) is 11.0 Å². The van der Waals surface area contributed by atoms with Crippen LogP contribution in [0.1, 0.15) is 22.8 Å². The molecule has 1 amide bonds. The molecular weight excluding hydrogens is 388 g/mol. The summed E-state index contributed by atoms with van der Waals surface area (Å²) < 4.78 is 31.0. The summed E-state index contributed by atoms with van der Waals surface area (Å²) in [6, 6.07) is 6.20. The van der Waals surface area contributed by atoms with Crippen LogP contribution in [-0.2, 0) is 13.0 Å². The quantitative estimate of drug-likeness (QED) is 0.652. The summed E-state index contributed by atoms with van der Waals surface area (Å²) in [6.45, 7) is 5.82. The molecule has 2 aromatic heterocycles. The molecule has 0 radical (unpaired) electrons. The molecule has 30 heavy (non-hydrogen) atoms. The van der Waals surface area contributed by atoms with Gasteiger partial charge in [-0.2, -0.15) is 0 Å². The highest BCUT2D eigenvalue weighted by Gasteiger charge is 2.18. The first-order chi connectivity index (χ1) is 14.6. The van der Waals surface area contributed by atoms with Crippen LogP contribution in [0, 0.1) is 11.6 Å². The molecular formula is C22H25F2N5O. The second-order valence-corrected chi connectivity index (χ2v) is 7.38. The fourth-order valence-electron chi connectivity index (χ4n) is 3.79. The van der Waals surface area contributed by atoms with E-state index in [2.05, 4.69) is 15.6 Å². The number of piperazine rings is 1. The number of rotatable bonds is 6. The van der Waals surface area contributed by atoms with Gasteiger partial charge in [-0.25, -0.2) is 13.8 Å². The van der Waals surface area contributed by atoms with Gasteiger partial charge in [0.1, 0.15) is 17.3 Å². The van der Waals surface area contributed by atoms with E-state index in [9.17, 15) is 13.6 Å². The predicted molar refractivity (Wildman–Crippen MR) is 113 cm³/mol. The molecule has 4 rings (SSSR count). The van der Waals surface area contributed by atoms with Crippen molar-refractivity contribution < 1.29 is 13.6 Å². The summed E-state index contributed by atoms with van der Waals surface area (Å²) in [5.41, 5.74) is 1.81. The molecule has 1 fully saturated rings. The number of nitrogens with zero attached hydrogens (tertiary/aromatic N) is 3. The monoisotopic (exact) mass is 413 g/mol. The van der Waals surface area contributed by atoms with Crippen molar-refractivity contribution in [3.05, 3.63) is 59.4 Å². The van der Waals surface area contributed by atoms with Crippen molar-refractivity contribution in [1.82, 2.24) is 20.2 Å². The Hall–Kier alpha value is -3.00. The molecule has 0 saturated carbocycles. The highest BCUT2D eigenvalue weighted by Crippen LogP contribution is 2.24. The number of amides is 1. The van der Waals surface area contributed by atoms with Gasteiger partial charge >= 0.3 is 0 Å². The number of hydrogen-bond donors (Lipinski definition) is 2. The molecule has 3 heterocycles. The largest absolute Gasteiger partial charge is 0.367 e. The van der Waals surface area contributed by atoms with Gasteiger partial charge in [0.15, 0.2) is 0 Å². The fourth-order valence-corrected chi connectivity index (χ4v) is 3.79. The SMILES string of the molecule is CCn1ccc2cc(C(=O)NCCc3cc(F)c(N4CCNCC4)cc3F)cnc21. The van der Waals surface area contributed by atoms with E-state index in [4.69, 9.17) is 0 Å². The van der Waals surface area contributed by atoms with Gasteiger partial charge in [-0.3, -0.25) is 4.79 Å². The molecule has 1 aromatic carbocycles. The molecule has 3 aromatic rings. The van der Waals surface area contributed by atoms with Gasteiger partial charge in [-0.05, 0) is 37.1 Å². The average Bonchev–Trinajstić information content (AvgIpc) is 3.18. The number of halogens is 2. The molecule has 0 spiro atoms. The van der Waals surface area contributed by atoms with Gasteiger partial charge in [0.25, 0.3) is 5.91 Å². The summed E-state index contributed by atoms with van der Waals surface area (Å²) in [5, 5.41) is 6.85. The number of aryl methyl sites for hydroxylation is 1. The van der Waals surface area contributed by atoms with Crippen LogP contribution in [0.5, 0.6) is 0 Å². The lowest BCUT2D eigenvalue weighted by molar-refractivity contribution is 0.0954. The van der Waals surface area contributed by atoms with Crippen molar-refractivity contribution >= 4 is 22.6 Å². The Labute approximate surface area is 173 Å². The maximum absolute atomic E-state index is 14.5. The molecule has 0 aliphatic carbocycles. The lowest BCUT2D eigenvalue weighted by atomic mass is 10.1. The molecule has 0 bridgehead atoms. The van der Waals surface area contributed by atoms with Gasteiger partial charge in [0, 0.05) is 63.1 Å². The second-order valence-electron chi connectivity index (χ2n) is 7.38. The van der Waals surface area contributed by atoms with Gasteiger partial charge in [-0.15, -0.1) is 0 Å². The van der Waals surface area contributed by atoms with E-state index >= 15 is 0 Å². The van der Waals surface area contributed by atoms with Crippen molar-refractivity contribution in [1.29, 1.82) is 0 Å². The summed E-state index contributed by atoms with van der Waals surface area (Å²) in [5.74, 6) is -1.18. The molecule has 1 aliphatic heterocycles. The van der Waals surface area contributed by atoms with Crippen molar-refractivity contribution in [2.24, 2.45) is 0 Å². The minimum Gasteiger partial charge on any atom is -0.367 e. The number of benzene rings is 1. The van der Waals surface area contributed by atoms with E-state index < -0.39 is 11.6 Å². The topological polar surface area (TPSA) is 62.2 Å². The minimum atomic E-state index is -0.455. The van der Waals surface area contributed by atoms with E-state index in [1.165, 1.54) is 18.3 Å². The van der Waals surface area contributed by atoms with Gasteiger partial charge in [0.2, 0.25) is 0 Å². The lowest BCUT2D eigenvalue weighted by Crippen LogP contribution is -2.44. The van der Waals surface area contributed by atoms with Crippen LogP contribution < -0.4 is 15.5 Å². The molecule has 0 unspecified atom stereocenters. The van der Waals surface area contributed by atoms with E-state index in [0.29, 0.717) is 24.3 Å². The third kappa shape index (κ3) is 4.14. The summed E-state index contributed by atoms with van der Waals surface area (Å²) >= 11 is 0. The Morgan fingerprint density at radius 1 is 1.20 bits per heavy atom. The molecule has 0 atom stereocenters. The van der Waals surface area contributed by atoms with E-state index in [-0.39, 0.29) is 24.4 Å². The van der Waals surface area contributed by atoms with Crippen molar-refractivity contribution in [2.45, 2.75) is 19.9 Å². The maximum Gasteiger partial charge on any atom is 0.252 e. The average molecular weight is 413 g/mol. The first-order valence-corrected chi connectivity index (χ1v) is 10.2. The summed E-state index contributed by atoms with van der Waals surface area (Å²) in [6.07, 6.45) is 3.67. The summed E-state index contributed by atoms with van der Waals surface area (Å²) in [7, 11) is 0. The summed E-state index contributed by atoms with van der Waals surface area (Å²) in [4.78, 5) is 18.6. The number of hydrogen-bond acceptors (Lipinski definition) is 4. The van der Waals surface area contributed by atoms with E-state index in [1.54, 1.807) is 6.07 Å². The number of nitrogens with one attached hydrogen (secondary N) is 2. The Morgan fingerprint density at radius 2 is 2.00 bits per heavy atom. The number of pyridine rings is 1. The normalized spacial score (nSPS) is 14.3. The molecule has 6 nitrogen and oxygen atoms in total. The Morgan fingerprint density at radius 3 is 2.77 bits per heavy atom. The van der Waals surface area contributed by atoms with Crippen LogP contribution in [0.3, 0.4) is 0 Å². The lowest BCUT2D eigenvalue weighted by Gasteiger charge is -2.30. The smallest absolute Gasteiger partial charge is 0.252 e. The number of anilines is 1. The Kier molecular flexibility index (Phi) is 5.94. The highest BCUT2D eigenvalue weighted by molar-refractivity contribution is 5.96. The van der Waals surface area contributed by atoms with Gasteiger partial charge < -0.3 is 20.1 Å². The molecule has 1 aliphatic rings. The van der Waals surface area contributed by atoms with Gasteiger partial charge in [0.05, 0.1) is 11.3 Å². The molecule has 2 N–H and O–H groups in total. The standard InChI is InChI=1S/C22H25F2N5O/c1-2-28-8-4-16-11-17(14-27-21(16)28)22(30)26-5-3-15-12-19(24)20(13-18(15)23)29-9-6-25-7-10-29/h4,8,11-14,25H,2-3,5-7,9-10H2,1H3,(H,26,30). The van der Waals surface area contributed by atoms with Crippen LogP contribution in [0.2, 0.25) is 0 Å². The fraction of sp³-hybridized carbons (Fsp3) is 0.364. The van der Waals surface area contributed by atoms with Crippen LogP contribution in [-0.4, -0.2) is 48.2 Å². The number of fused-ring (bicyclic) bond motifs is 1. The van der Waals surface area contributed by atoms with Crippen molar-refractivity contribution in [3.8, 4) is 0 Å². The predicted octanol–water partition coefficient (Wildman–Crippen LogP) is 2.72. The molecule has 158 valence electrons. The number of carbonyl (C=O) groups is 1. The number of aromatic nitrogens is 2. The third-order valence-corrected chi connectivity index (χ3v) is 5.46. The highest BCUT2D eigenvalue weighted by atomic mass is 19.1. The zero-order valence-electron chi connectivity index (χ0n) is 16.9. The molecule has 8 heteroatoms. The first kappa shape index (κ1) is 20.3. The molecule has 1 saturated heterocycles. The van der Waals surface area contributed by atoms with Crippen molar-refractivity contribution in [3.63, 3.8) is 0 Å². The van der Waals surface area contributed by atoms with Gasteiger partial charge in [-0.1, -0.05) is 0 Å². The Bertz CT molecular complexity index is 1060. The Balaban J connectivity index is 1.39. The van der Waals surface area contributed by atoms with Crippen LogP contribution in [0.15, 0.2) is 36.7 Å². The van der Waals surface area contributed by atoms with E-state index in [1.807, 2.05) is 28.7 Å². The van der Waals surface area contributed by atoms with Crippen LogP contribution in [0.4, 0.5) is 14.5 Å². The third-order valence-electron chi connectivity index (χ3n) is 5.46. The first-order valence-electron chi connectivity index (χ1n) is 10.2. The van der Waals surface area contributed by atoms with Crippen molar-refractivity contribution in [2.75, 3.05) is 37.6 Å².